The zero-order valence-electron chi connectivity index (χ0n) is 48.8. The molecule has 3 saturated heterocycles. The fourth-order valence-electron chi connectivity index (χ4n) is 9.43. The first-order chi connectivity index (χ1) is 39.7. The van der Waals surface area contributed by atoms with Gasteiger partial charge in [-0.15, -0.1) is 30.6 Å². The summed E-state index contributed by atoms with van der Waals surface area (Å²) in [6, 6.07) is 12.6. The molecule has 84 heavy (non-hydrogen) atoms. The monoisotopic (exact) mass is 1160 g/mol. The minimum absolute atomic E-state index is 0.0174. The Morgan fingerprint density at radius 1 is 0.571 bits per heavy atom. The summed E-state index contributed by atoms with van der Waals surface area (Å²) in [7, 11) is 5.40. The Kier molecular flexibility index (Phi) is 18.5. The van der Waals surface area contributed by atoms with E-state index in [1.807, 2.05) is 58.4 Å². The molecule has 0 aromatic carbocycles. The summed E-state index contributed by atoms with van der Waals surface area (Å²) >= 11 is 0. The maximum absolute atomic E-state index is 14.3. The molecule has 3 fully saturated rings. The molecule has 446 valence electrons. The van der Waals surface area contributed by atoms with E-state index in [9.17, 15) is 32.8 Å². The van der Waals surface area contributed by atoms with Gasteiger partial charge in [0.1, 0.15) is 11.2 Å². The number of likely N-dealkylation sites (N-methyl/N-ethyl adjacent to an activating group) is 3. The number of imidazole rings is 2. The van der Waals surface area contributed by atoms with Crippen molar-refractivity contribution in [3.05, 3.63) is 113 Å². The Labute approximate surface area is 483 Å². The van der Waals surface area contributed by atoms with Gasteiger partial charge in [-0.05, 0) is 118 Å². The molecule has 4 amide bonds. The summed E-state index contributed by atoms with van der Waals surface area (Å²) < 4.78 is 42.3. The van der Waals surface area contributed by atoms with Crippen molar-refractivity contribution in [2.24, 2.45) is 0 Å². The van der Waals surface area contributed by atoms with Crippen molar-refractivity contribution in [3.8, 4) is 0 Å². The number of halogens is 2. The third kappa shape index (κ3) is 15.5. The van der Waals surface area contributed by atoms with Crippen LogP contribution in [0.15, 0.2) is 73.3 Å². The molecule has 28 heteroatoms. The van der Waals surface area contributed by atoms with Crippen LogP contribution < -0.4 is 30.7 Å². The standard InChI is InChI=1S/C23H28FN7O3.C18H20FN7O.C15H22N4O4/c1-14-11-31-12-15(10-17(24)20(31)25-14)26-21(32)18-6-7-19(28-27-18)30-9-8-16(13-30)29(5)22(33)34-23(2,3)4;1-11-8-26-10-13(7-14(19)17(26)21-11)22-18(27)15-3-4-16(24-23-15)25-6-5-12(9-25)20-2;1-15(2,3)23-14(22)18(4)10-7-8-19(9-10)12-6-5-11(13(20)21)16-17-12/h6-7,10-12,16H,8-9,13H2,1-5H3,(H,26,32);3-4,7-8,10,12,20H,5-6,9H2,1-2H3,(H,22,27);5-6,10H,7-9H2,1-4H3,(H,20,21)/t16-;12-;10-/m111/s1. The van der Waals surface area contributed by atoms with Crippen LogP contribution in [0.25, 0.3) is 11.3 Å². The third-order valence-electron chi connectivity index (χ3n) is 13.8. The van der Waals surface area contributed by atoms with Crippen molar-refractivity contribution in [2.75, 3.05) is 85.7 Å². The van der Waals surface area contributed by atoms with Crippen LogP contribution in [0.2, 0.25) is 0 Å². The first kappa shape index (κ1) is 60.9. The number of rotatable bonds is 11. The van der Waals surface area contributed by atoms with Gasteiger partial charge < -0.3 is 63.8 Å². The van der Waals surface area contributed by atoms with Crippen LogP contribution in [-0.4, -0.2) is 184 Å². The van der Waals surface area contributed by atoms with Gasteiger partial charge in [-0.2, -0.15) is 0 Å². The molecule has 0 radical (unpaired) electrons. The van der Waals surface area contributed by atoms with E-state index < -0.39 is 40.6 Å². The number of aromatic carboxylic acids is 1. The van der Waals surface area contributed by atoms with E-state index in [2.05, 4.69) is 61.4 Å². The molecule has 0 spiro atoms. The lowest BCUT2D eigenvalue weighted by Gasteiger charge is -2.28. The van der Waals surface area contributed by atoms with Gasteiger partial charge in [0.05, 0.1) is 34.8 Å². The summed E-state index contributed by atoms with van der Waals surface area (Å²) in [5.41, 5.74) is 1.50. The fraction of sp³-hybridized carbons (Fsp3) is 0.446. The number of amides is 4. The summed E-state index contributed by atoms with van der Waals surface area (Å²) in [5, 5.41) is 41.4. The second-order valence-corrected chi connectivity index (χ2v) is 22.6. The van der Waals surface area contributed by atoms with Gasteiger partial charge in [0.25, 0.3) is 11.8 Å². The van der Waals surface area contributed by atoms with Crippen molar-refractivity contribution in [2.45, 2.75) is 104 Å². The number of nitrogens with one attached hydrogen (secondary N) is 3. The number of hydrogen-bond acceptors (Lipinski definition) is 19. The lowest BCUT2D eigenvalue weighted by molar-refractivity contribution is 0.0227. The smallest absolute Gasteiger partial charge is 0.410 e. The molecule has 7 aromatic rings. The number of carboxylic acids is 1. The molecule has 10 rings (SSSR count). The Balaban J connectivity index is 0.000000168. The number of aromatic nitrogens is 10. The minimum Gasteiger partial charge on any atom is -0.476 e. The summed E-state index contributed by atoms with van der Waals surface area (Å²) in [5.74, 6) is -1.13. The molecule has 10 heterocycles. The Hall–Kier alpha value is -9.21. The number of nitrogens with zero attached hydrogens (tertiary/aromatic N) is 15. The van der Waals surface area contributed by atoms with E-state index in [0.29, 0.717) is 54.4 Å². The summed E-state index contributed by atoms with van der Waals surface area (Å²) in [6.07, 6.45) is 8.45. The fourth-order valence-corrected chi connectivity index (χ4v) is 9.43. The van der Waals surface area contributed by atoms with Gasteiger partial charge in [0, 0.05) is 96.3 Å². The molecule has 3 atom stereocenters. The molecule has 3 aliphatic heterocycles. The van der Waals surface area contributed by atoms with Gasteiger partial charge in [0.15, 0.2) is 57.5 Å². The molecule has 0 saturated carbocycles. The van der Waals surface area contributed by atoms with E-state index in [1.165, 1.54) is 22.6 Å². The molecule has 0 bridgehead atoms. The first-order valence-corrected chi connectivity index (χ1v) is 27.2. The van der Waals surface area contributed by atoms with Crippen LogP contribution in [0.5, 0.6) is 0 Å². The lowest BCUT2D eigenvalue weighted by Crippen LogP contribution is -2.42. The predicted molar refractivity (Wildman–Crippen MR) is 308 cm³/mol. The van der Waals surface area contributed by atoms with Crippen molar-refractivity contribution in [3.63, 3.8) is 0 Å². The van der Waals surface area contributed by atoms with Crippen LogP contribution in [0.4, 0.5) is 47.2 Å². The Morgan fingerprint density at radius 3 is 1.30 bits per heavy atom. The van der Waals surface area contributed by atoms with Gasteiger partial charge in [-0.3, -0.25) is 9.59 Å². The molecule has 26 nitrogen and oxygen atoms in total. The van der Waals surface area contributed by atoms with Gasteiger partial charge in [0.2, 0.25) is 0 Å². The van der Waals surface area contributed by atoms with E-state index in [4.69, 9.17) is 14.6 Å². The maximum Gasteiger partial charge on any atom is 0.410 e. The zero-order valence-corrected chi connectivity index (χ0v) is 48.8. The highest BCUT2D eigenvalue weighted by Crippen LogP contribution is 2.26. The van der Waals surface area contributed by atoms with Crippen LogP contribution in [0.1, 0.15) is 104 Å². The SMILES string of the molecule is CN(C(=O)OC(C)(C)C)[C@@H]1CCN(c2ccc(C(=O)O)nn2)C1.CN[C@@H]1CCN(c2ccc(C(=O)Nc3cc(F)c4nc(C)cn4c3)nn2)C1.Cc1cn2cc(NC(=O)c3ccc(N4CC[C@@H](N(C)C(=O)OC(C)(C)C)C4)nn3)cc(F)c2n1. The highest BCUT2D eigenvalue weighted by molar-refractivity contribution is 6.03. The number of hydrogen-bond donors (Lipinski definition) is 4. The topological polar surface area (TPSA) is 288 Å². The van der Waals surface area contributed by atoms with Crippen molar-refractivity contribution in [1.82, 2.24) is 64.5 Å². The van der Waals surface area contributed by atoms with E-state index in [-0.39, 0.29) is 58.3 Å². The normalized spacial score (nSPS) is 16.8. The molecule has 0 unspecified atom stereocenters. The minimum atomic E-state index is -1.10. The summed E-state index contributed by atoms with van der Waals surface area (Å²) in [6.45, 7) is 18.9. The average Bonchev–Trinajstić information content (AvgIpc) is 3.97. The number of anilines is 5. The molecule has 3 aliphatic rings. The van der Waals surface area contributed by atoms with Gasteiger partial charge in [-0.25, -0.2) is 33.1 Å². The molecule has 4 N–H and O–H groups in total. The van der Waals surface area contributed by atoms with Crippen molar-refractivity contribution < 1.29 is 47.3 Å². The molecule has 7 aromatic heterocycles. The predicted octanol–water partition coefficient (Wildman–Crippen LogP) is 6.51. The number of ether oxygens (including phenoxy) is 2. The second kappa shape index (κ2) is 25.5. The van der Waals surface area contributed by atoms with Gasteiger partial charge >= 0.3 is 18.2 Å². The number of pyridine rings is 2. The lowest BCUT2D eigenvalue weighted by atomic mass is 10.2. The third-order valence-corrected chi connectivity index (χ3v) is 13.8. The molecule has 0 aliphatic carbocycles. The number of carbonyl (C=O) groups excluding carboxylic acids is 4. The average molecular weight is 1160 g/mol. The maximum atomic E-state index is 14.3. The second-order valence-electron chi connectivity index (χ2n) is 22.6. The van der Waals surface area contributed by atoms with Crippen LogP contribution >= 0.6 is 0 Å². The largest absolute Gasteiger partial charge is 0.476 e. The molecular formula is C56H70F2N18O8. The number of fused-ring (bicyclic) bond motifs is 2. The first-order valence-electron chi connectivity index (χ1n) is 27.2. The molecular weight excluding hydrogens is 1090 g/mol. The Bertz CT molecular complexity index is 3500. The van der Waals surface area contributed by atoms with Crippen LogP contribution in [0.3, 0.4) is 0 Å². The van der Waals surface area contributed by atoms with Crippen molar-refractivity contribution >= 4 is 70.1 Å². The van der Waals surface area contributed by atoms with E-state index >= 15 is 0 Å². The highest BCUT2D eigenvalue weighted by atomic mass is 19.1. The van der Waals surface area contributed by atoms with Crippen LogP contribution in [0, 0.1) is 25.5 Å². The number of carbonyl (C=O) groups is 5. The van der Waals surface area contributed by atoms with E-state index in [0.717, 1.165) is 44.7 Å². The number of aryl methyl sites for hydroxylation is 2. The van der Waals surface area contributed by atoms with E-state index in [1.54, 1.807) is 97.3 Å². The summed E-state index contributed by atoms with van der Waals surface area (Å²) in [4.78, 5) is 77.7. The quantitative estimate of drug-likeness (QED) is 0.107. The zero-order chi connectivity index (χ0) is 60.8. The van der Waals surface area contributed by atoms with Crippen LogP contribution in [-0.2, 0) is 9.47 Å². The number of carboxylic acid groups (broad SMARTS) is 1. The highest BCUT2D eigenvalue weighted by Gasteiger charge is 2.34. The Morgan fingerprint density at radius 2 is 0.952 bits per heavy atom. The van der Waals surface area contributed by atoms with Crippen molar-refractivity contribution in [1.29, 1.82) is 0 Å². The van der Waals surface area contributed by atoms with Gasteiger partial charge in [-0.1, -0.05) is 0 Å².